The molecular weight excluding hydrogens is 375 g/mol. The second kappa shape index (κ2) is 5.51. The van der Waals surface area contributed by atoms with Crippen molar-refractivity contribution < 1.29 is 44.1 Å². The van der Waals surface area contributed by atoms with Gasteiger partial charge in [-0.2, -0.15) is 30.4 Å². The molecular formula is C14H17F5O5S. The van der Waals surface area contributed by atoms with Crippen LogP contribution in [-0.4, -0.2) is 39.0 Å². The highest BCUT2D eigenvalue weighted by Crippen LogP contribution is 2.66. The molecule has 0 radical (unpaired) electrons. The van der Waals surface area contributed by atoms with Crippen LogP contribution in [0.4, 0.5) is 22.0 Å². The van der Waals surface area contributed by atoms with Crippen LogP contribution in [0.2, 0.25) is 0 Å². The van der Waals surface area contributed by atoms with Gasteiger partial charge in [-0.25, -0.2) is 0 Å². The lowest BCUT2D eigenvalue weighted by Crippen LogP contribution is -2.54. The molecule has 4 rings (SSSR count). The van der Waals surface area contributed by atoms with E-state index in [-0.39, 0.29) is 17.8 Å². The summed E-state index contributed by atoms with van der Waals surface area (Å²) in [6, 6.07) is 0. The molecule has 0 aromatic carbocycles. The second-order valence-corrected chi connectivity index (χ2v) is 9.00. The third-order valence-corrected chi connectivity index (χ3v) is 7.10. The Morgan fingerprint density at radius 2 is 1.60 bits per heavy atom. The highest BCUT2D eigenvalue weighted by Gasteiger charge is 2.69. The maximum absolute atomic E-state index is 13.9. The van der Waals surface area contributed by atoms with E-state index in [9.17, 15) is 35.2 Å². The van der Waals surface area contributed by atoms with Crippen LogP contribution in [0.15, 0.2) is 0 Å². The van der Waals surface area contributed by atoms with Gasteiger partial charge in [0.25, 0.3) is 6.10 Å². The first-order chi connectivity index (χ1) is 11.3. The molecule has 0 saturated heterocycles. The van der Waals surface area contributed by atoms with E-state index in [1.807, 2.05) is 0 Å². The summed E-state index contributed by atoms with van der Waals surface area (Å²) in [5, 5.41) is -5.44. The molecule has 0 heterocycles. The lowest BCUT2D eigenvalue weighted by Gasteiger charge is -2.34. The number of alkyl halides is 5. The van der Waals surface area contributed by atoms with Gasteiger partial charge in [0.05, 0.1) is 12.5 Å². The molecule has 0 aromatic rings. The average molecular weight is 392 g/mol. The topological polar surface area (TPSA) is 69.7 Å². The van der Waals surface area contributed by atoms with Crippen molar-refractivity contribution >= 4 is 16.1 Å². The molecule has 0 amide bonds. The number of hydrogen-bond donors (Lipinski definition) is 0. The van der Waals surface area contributed by atoms with E-state index >= 15 is 0 Å². The zero-order valence-corrected chi connectivity index (χ0v) is 14.0. The zero-order valence-electron chi connectivity index (χ0n) is 13.2. The van der Waals surface area contributed by atoms with E-state index < -0.39 is 39.0 Å². The van der Waals surface area contributed by atoms with Gasteiger partial charge in [0.1, 0.15) is 0 Å². The highest BCUT2D eigenvalue weighted by atomic mass is 32.2. The van der Waals surface area contributed by atoms with Crippen molar-refractivity contribution in [2.45, 2.75) is 49.6 Å². The molecule has 4 fully saturated rings. The lowest BCUT2D eigenvalue weighted by molar-refractivity contribution is -0.263. The standard InChI is InChI=1S/C14H17F5O5S/c1-23-25(21,22)14(18,19)10(13(15,16)17)24-11(20)12-5-7-2-8(6-12)4-9(12)3-7/h7-10H,2-6H2,1H3. The normalized spacial score (nSPS) is 35.8. The minimum atomic E-state index is -5.91. The molecule has 11 heteroatoms. The Hall–Kier alpha value is -0.970. The molecule has 4 saturated carbocycles. The van der Waals surface area contributed by atoms with E-state index in [0.29, 0.717) is 32.8 Å². The molecule has 25 heavy (non-hydrogen) atoms. The minimum absolute atomic E-state index is 0.178. The van der Waals surface area contributed by atoms with Gasteiger partial charge in [0, 0.05) is 0 Å². The Morgan fingerprint density at radius 1 is 1.08 bits per heavy atom. The van der Waals surface area contributed by atoms with Crippen LogP contribution >= 0.6 is 0 Å². The van der Waals surface area contributed by atoms with Gasteiger partial charge in [0.2, 0.25) is 0 Å². The fraction of sp³-hybridized carbons (Fsp3) is 0.929. The van der Waals surface area contributed by atoms with Gasteiger partial charge in [-0.05, 0) is 49.9 Å². The molecule has 0 aliphatic heterocycles. The summed E-state index contributed by atoms with van der Waals surface area (Å²) in [5.74, 6) is -1.21. The van der Waals surface area contributed by atoms with Crippen molar-refractivity contribution in [3.63, 3.8) is 0 Å². The third-order valence-electron chi connectivity index (χ3n) is 5.78. The number of hydrogen-bond acceptors (Lipinski definition) is 5. The maximum atomic E-state index is 13.9. The smallest absolute Gasteiger partial charge is 0.432 e. The Kier molecular flexibility index (Phi) is 4.15. The highest BCUT2D eigenvalue weighted by molar-refractivity contribution is 7.87. The maximum Gasteiger partial charge on any atom is 0.432 e. The molecule has 5 nitrogen and oxygen atoms in total. The number of rotatable bonds is 5. The Bertz CT molecular complexity index is 660. The number of carbonyl (C=O) groups is 1. The van der Waals surface area contributed by atoms with Crippen molar-refractivity contribution in [3.8, 4) is 0 Å². The molecule has 3 atom stereocenters. The van der Waals surface area contributed by atoms with Gasteiger partial charge in [-0.15, -0.1) is 0 Å². The summed E-state index contributed by atoms with van der Waals surface area (Å²) in [6.45, 7) is 0. The summed E-state index contributed by atoms with van der Waals surface area (Å²) in [4.78, 5) is 12.4. The molecule has 4 bridgehead atoms. The van der Waals surface area contributed by atoms with E-state index in [2.05, 4.69) is 8.92 Å². The molecule has 4 aliphatic rings. The molecule has 0 aromatic heterocycles. The van der Waals surface area contributed by atoms with Crippen LogP contribution in [0.3, 0.4) is 0 Å². The van der Waals surface area contributed by atoms with Gasteiger partial charge in [0.15, 0.2) is 0 Å². The largest absolute Gasteiger partial charge is 0.444 e. The number of esters is 1. The van der Waals surface area contributed by atoms with Crippen molar-refractivity contribution in [2.75, 3.05) is 7.11 Å². The van der Waals surface area contributed by atoms with Crippen LogP contribution < -0.4 is 0 Å². The quantitative estimate of drug-likeness (QED) is 0.409. The summed E-state index contributed by atoms with van der Waals surface area (Å²) < 4.78 is 97.2. The second-order valence-electron chi connectivity index (χ2n) is 7.21. The molecule has 0 spiro atoms. The SMILES string of the molecule is COS(=O)(=O)C(F)(F)C(OC(=O)C12CC3CC(CC1C3)C2)C(F)(F)F. The van der Waals surface area contributed by atoms with Gasteiger partial charge in [-0.1, -0.05) is 0 Å². The predicted molar refractivity (Wildman–Crippen MR) is 72.8 cm³/mol. The van der Waals surface area contributed by atoms with Crippen LogP contribution in [0.5, 0.6) is 0 Å². The molecule has 3 unspecified atom stereocenters. The van der Waals surface area contributed by atoms with Crippen LogP contribution in [0, 0.1) is 23.2 Å². The summed E-state index contributed by atoms with van der Waals surface area (Å²) in [6.07, 6.45) is -7.06. The van der Waals surface area contributed by atoms with Crippen molar-refractivity contribution in [1.82, 2.24) is 0 Å². The van der Waals surface area contributed by atoms with Crippen LogP contribution in [-0.2, 0) is 23.8 Å². The summed E-state index contributed by atoms with van der Waals surface area (Å²) in [5.41, 5.74) is -1.20. The first-order valence-electron chi connectivity index (χ1n) is 7.79. The Morgan fingerprint density at radius 3 is 2.04 bits per heavy atom. The van der Waals surface area contributed by atoms with Gasteiger partial charge >= 0.3 is 27.5 Å². The van der Waals surface area contributed by atoms with E-state index in [1.165, 1.54) is 0 Å². The zero-order chi connectivity index (χ0) is 18.8. The van der Waals surface area contributed by atoms with Crippen LogP contribution in [0.1, 0.15) is 32.1 Å². The van der Waals surface area contributed by atoms with Crippen molar-refractivity contribution in [1.29, 1.82) is 0 Å². The number of halogens is 5. The summed E-state index contributed by atoms with van der Waals surface area (Å²) >= 11 is 0. The average Bonchev–Trinajstić information content (AvgIpc) is 2.88. The van der Waals surface area contributed by atoms with E-state index in [0.717, 1.165) is 6.42 Å². The Balaban J connectivity index is 1.89. The fourth-order valence-electron chi connectivity index (χ4n) is 4.92. The molecule has 0 N–H and O–H groups in total. The fourth-order valence-corrected chi connectivity index (χ4v) is 5.59. The van der Waals surface area contributed by atoms with Gasteiger partial charge in [-0.3, -0.25) is 8.98 Å². The van der Waals surface area contributed by atoms with E-state index in [4.69, 9.17) is 0 Å². The third kappa shape index (κ3) is 2.73. The summed E-state index contributed by atoms with van der Waals surface area (Å²) in [7, 11) is -5.59. The number of ether oxygens (including phenoxy) is 1. The molecule has 4 aliphatic carbocycles. The lowest BCUT2D eigenvalue weighted by atomic mass is 9.75. The number of carbonyl (C=O) groups excluding carboxylic acids is 1. The molecule has 144 valence electrons. The van der Waals surface area contributed by atoms with Crippen molar-refractivity contribution in [3.05, 3.63) is 0 Å². The van der Waals surface area contributed by atoms with Gasteiger partial charge < -0.3 is 4.74 Å². The van der Waals surface area contributed by atoms with E-state index in [1.54, 1.807) is 0 Å². The van der Waals surface area contributed by atoms with Crippen molar-refractivity contribution in [2.24, 2.45) is 23.2 Å². The Labute approximate surface area is 141 Å². The first-order valence-corrected chi connectivity index (χ1v) is 9.20. The van der Waals surface area contributed by atoms with Crippen LogP contribution in [0.25, 0.3) is 0 Å². The minimum Gasteiger partial charge on any atom is -0.444 e. The first kappa shape index (κ1) is 18.8. The predicted octanol–water partition coefficient (Wildman–Crippen LogP) is 2.86. The monoisotopic (exact) mass is 392 g/mol.